The number of unbranched alkanes of at least 4 members (excludes halogenated alkanes) is 45. The molecule has 3 unspecified atom stereocenters. The number of carbonyl (C=O) groups excluding carboxylic acids is 4. The van der Waals surface area contributed by atoms with Crippen LogP contribution in [0.5, 0.6) is 0 Å². The third-order valence-corrected chi connectivity index (χ3v) is 20.9. The van der Waals surface area contributed by atoms with Crippen LogP contribution in [0.1, 0.15) is 414 Å². The lowest BCUT2D eigenvalue weighted by Gasteiger charge is -2.21. The fourth-order valence-electron chi connectivity index (χ4n) is 12.3. The maximum absolute atomic E-state index is 13.1. The maximum Gasteiger partial charge on any atom is 0.472 e. The SMILES string of the molecule is CCCCCCCCCCCCCCCCCCCC(=O)OC[C@H](COP(=O)(O)OC[C@@H](O)COP(=O)(O)OC[C@@H](COC(=O)CCCCCCCCC(C)CC)OC(=O)CCCCCCCCCCCCCC(C)C)OC(=O)CCCCCCCCCCCCCCCCCC(C)C. The number of aliphatic hydroxyl groups is 1. The number of hydrogen-bond donors (Lipinski definition) is 3. The third kappa shape index (κ3) is 72.8. The van der Waals surface area contributed by atoms with Crippen LogP contribution in [0.4, 0.5) is 0 Å². The second kappa shape index (κ2) is 70.4. The first-order chi connectivity index (χ1) is 47.8. The monoisotopic (exact) mass is 1450 g/mol. The van der Waals surface area contributed by atoms with E-state index in [0.717, 1.165) is 114 Å². The van der Waals surface area contributed by atoms with Crippen LogP contribution in [0.3, 0.4) is 0 Å². The van der Waals surface area contributed by atoms with Crippen molar-refractivity contribution in [2.45, 2.75) is 433 Å². The minimum absolute atomic E-state index is 0.106. The van der Waals surface area contributed by atoms with Gasteiger partial charge in [0.05, 0.1) is 26.4 Å². The first-order valence-corrected chi connectivity index (χ1v) is 44.4. The Labute approximate surface area is 607 Å². The van der Waals surface area contributed by atoms with Crippen LogP contribution in [0.2, 0.25) is 0 Å². The van der Waals surface area contributed by atoms with Crippen molar-refractivity contribution in [1.82, 2.24) is 0 Å². The highest BCUT2D eigenvalue weighted by molar-refractivity contribution is 7.47. The summed E-state index contributed by atoms with van der Waals surface area (Å²) in [5, 5.41) is 10.6. The van der Waals surface area contributed by atoms with Gasteiger partial charge in [-0.05, 0) is 43.4 Å². The molecule has 588 valence electrons. The molecule has 0 fully saturated rings. The molecule has 0 spiro atoms. The quantitative estimate of drug-likeness (QED) is 0.0222. The van der Waals surface area contributed by atoms with Crippen LogP contribution in [-0.2, 0) is 65.4 Å². The zero-order valence-corrected chi connectivity index (χ0v) is 66.8. The summed E-state index contributed by atoms with van der Waals surface area (Å²) in [7, 11) is -9.92. The molecule has 99 heavy (non-hydrogen) atoms. The highest BCUT2D eigenvalue weighted by Gasteiger charge is 2.30. The van der Waals surface area contributed by atoms with Gasteiger partial charge in [0, 0.05) is 25.7 Å². The molecule has 0 bridgehead atoms. The molecule has 3 N–H and O–H groups in total. The van der Waals surface area contributed by atoms with Crippen molar-refractivity contribution in [2.75, 3.05) is 39.6 Å². The Morgan fingerprint density at radius 2 is 0.515 bits per heavy atom. The molecule has 0 radical (unpaired) electrons. The number of esters is 4. The van der Waals surface area contributed by atoms with E-state index in [0.29, 0.717) is 25.7 Å². The standard InChI is InChI=1S/C80H156O17P2/c1-8-10-11-12-13-14-15-16-17-18-21-24-29-34-39-47-54-61-77(82)90-67-75(96-79(84)63-56-49-40-35-30-25-22-19-20-23-27-32-37-44-51-58-71(3)4)69-94-98(86,87)92-65-74(81)66-93-99(88,89)95-70-76(68-91-78(83)62-55-48-43-42-46-53-60-73(7)9-2)97-80(85)64-57-50-41-36-31-26-28-33-38-45-52-59-72(5)6/h71-76,81H,8-70H2,1-7H3,(H,86,87)(H,88,89)/t73?,74-,75-,76-/m1/s1. The first-order valence-electron chi connectivity index (χ1n) is 41.4. The van der Waals surface area contributed by atoms with Crippen molar-refractivity contribution in [1.29, 1.82) is 0 Å². The van der Waals surface area contributed by atoms with E-state index in [1.54, 1.807) is 0 Å². The summed E-state index contributed by atoms with van der Waals surface area (Å²) in [6.07, 6.45) is 58.3. The number of hydrogen-bond acceptors (Lipinski definition) is 15. The smallest absolute Gasteiger partial charge is 0.462 e. The third-order valence-electron chi connectivity index (χ3n) is 19.0. The Bertz CT molecular complexity index is 1920. The fraction of sp³-hybridized carbons (Fsp3) is 0.950. The molecule has 17 nitrogen and oxygen atoms in total. The van der Waals surface area contributed by atoms with Gasteiger partial charge in [0.25, 0.3) is 0 Å². The molecule has 0 heterocycles. The van der Waals surface area contributed by atoms with Gasteiger partial charge in [-0.15, -0.1) is 0 Å². The van der Waals surface area contributed by atoms with Gasteiger partial charge in [-0.1, -0.05) is 363 Å². The molecule has 0 aromatic rings. The van der Waals surface area contributed by atoms with Crippen LogP contribution in [0, 0.1) is 17.8 Å². The largest absolute Gasteiger partial charge is 0.472 e. The van der Waals surface area contributed by atoms with E-state index in [1.807, 2.05) is 0 Å². The second-order valence-electron chi connectivity index (χ2n) is 30.0. The molecule has 0 aliphatic heterocycles. The van der Waals surface area contributed by atoms with Gasteiger partial charge >= 0.3 is 39.5 Å². The number of aliphatic hydroxyl groups excluding tert-OH is 1. The topological polar surface area (TPSA) is 237 Å². The van der Waals surface area contributed by atoms with E-state index in [2.05, 4.69) is 48.5 Å². The number of phosphoric ester groups is 2. The average Bonchev–Trinajstić information content (AvgIpc) is 1.12. The van der Waals surface area contributed by atoms with E-state index in [1.165, 1.54) is 218 Å². The van der Waals surface area contributed by atoms with E-state index >= 15 is 0 Å². The number of ether oxygens (including phenoxy) is 4. The summed E-state index contributed by atoms with van der Waals surface area (Å²) in [4.78, 5) is 73.0. The molecule has 19 heteroatoms. The molecule has 0 aromatic heterocycles. The Kier molecular flexibility index (Phi) is 69.0. The molecule has 0 aliphatic rings. The molecule has 0 saturated carbocycles. The van der Waals surface area contributed by atoms with E-state index in [-0.39, 0.29) is 25.7 Å². The van der Waals surface area contributed by atoms with Gasteiger partial charge in [-0.25, -0.2) is 9.13 Å². The van der Waals surface area contributed by atoms with Gasteiger partial charge in [-0.3, -0.25) is 37.3 Å². The molecule has 6 atom stereocenters. The van der Waals surface area contributed by atoms with Crippen LogP contribution in [-0.4, -0.2) is 96.7 Å². The summed E-state index contributed by atoms with van der Waals surface area (Å²) in [5.74, 6) is 0.186. The molecule has 0 saturated heterocycles. The van der Waals surface area contributed by atoms with Crippen molar-refractivity contribution < 1.29 is 80.2 Å². The highest BCUT2D eigenvalue weighted by atomic mass is 31.2. The van der Waals surface area contributed by atoms with Gasteiger partial charge in [0.1, 0.15) is 19.3 Å². The highest BCUT2D eigenvalue weighted by Crippen LogP contribution is 2.45. The average molecular weight is 1450 g/mol. The predicted molar refractivity (Wildman–Crippen MR) is 405 cm³/mol. The Balaban J connectivity index is 5.25. The van der Waals surface area contributed by atoms with Crippen molar-refractivity contribution in [3.63, 3.8) is 0 Å². The minimum Gasteiger partial charge on any atom is -0.462 e. The van der Waals surface area contributed by atoms with E-state index < -0.39 is 97.5 Å². The number of rotatable bonds is 78. The normalized spacial score (nSPS) is 14.3. The van der Waals surface area contributed by atoms with Crippen molar-refractivity contribution >= 4 is 39.5 Å². The first kappa shape index (κ1) is 97.1. The second-order valence-corrected chi connectivity index (χ2v) is 32.9. The van der Waals surface area contributed by atoms with Crippen molar-refractivity contribution in [3.8, 4) is 0 Å². The van der Waals surface area contributed by atoms with Gasteiger partial charge in [0.15, 0.2) is 12.2 Å². The van der Waals surface area contributed by atoms with Crippen molar-refractivity contribution in [3.05, 3.63) is 0 Å². The lowest BCUT2D eigenvalue weighted by molar-refractivity contribution is -0.161. The van der Waals surface area contributed by atoms with Crippen molar-refractivity contribution in [2.24, 2.45) is 17.8 Å². The molecular formula is C80H156O17P2. The Morgan fingerprint density at radius 1 is 0.293 bits per heavy atom. The summed E-state index contributed by atoms with van der Waals surface area (Å²) >= 11 is 0. The fourth-order valence-corrected chi connectivity index (χ4v) is 13.9. The summed E-state index contributed by atoms with van der Waals surface area (Å²) in [6, 6.07) is 0. The lowest BCUT2D eigenvalue weighted by Crippen LogP contribution is -2.30. The zero-order valence-electron chi connectivity index (χ0n) is 65.0. The maximum atomic E-state index is 13.1. The van der Waals surface area contributed by atoms with Crippen LogP contribution in [0.15, 0.2) is 0 Å². The van der Waals surface area contributed by atoms with Crippen LogP contribution < -0.4 is 0 Å². The Hall–Kier alpha value is -1.94. The van der Waals surface area contributed by atoms with E-state index in [9.17, 15) is 43.2 Å². The predicted octanol–water partition coefficient (Wildman–Crippen LogP) is 23.7. The van der Waals surface area contributed by atoms with Gasteiger partial charge < -0.3 is 33.8 Å². The molecule has 0 rings (SSSR count). The number of carbonyl (C=O) groups is 4. The molecule has 0 aromatic carbocycles. The van der Waals surface area contributed by atoms with Gasteiger partial charge in [-0.2, -0.15) is 0 Å². The summed E-state index contributed by atoms with van der Waals surface area (Å²) in [6.45, 7) is 11.9. The summed E-state index contributed by atoms with van der Waals surface area (Å²) < 4.78 is 68.7. The van der Waals surface area contributed by atoms with Crippen LogP contribution >= 0.6 is 15.6 Å². The molecular weight excluding hydrogens is 1290 g/mol. The molecule has 0 amide bonds. The van der Waals surface area contributed by atoms with Crippen LogP contribution in [0.25, 0.3) is 0 Å². The minimum atomic E-state index is -4.96. The van der Waals surface area contributed by atoms with E-state index in [4.69, 9.17) is 37.0 Å². The summed E-state index contributed by atoms with van der Waals surface area (Å²) in [5.41, 5.74) is 0. The lowest BCUT2D eigenvalue weighted by atomic mass is 10.00. The van der Waals surface area contributed by atoms with Gasteiger partial charge in [0.2, 0.25) is 0 Å². The molecule has 0 aliphatic carbocycles. The number of phosphoric acid groups is 2. The Morgan fingerprint density at radius 3 is 0.768 bits per heavy atom. The zero-order chi connectivity index (χ0) is 73.0.